The van der Waals surface area contributed by atoms with Gasteiger partial charge in [0.1, 0.15) is 23.8 Å². The molecule has 0 unspecified atom stereocenters. The maximum atomic E-state index is 12.8. The van der Waals surface area contributed by atoms with Crippen molar-refractivity contribution in [3.63, 3.8) is 0 Å². The van der Waals surface area contributed by atoms with Gasteiger partial charge in [-0.2, -0.15) is 0 Å². The topological polar surface area (TPSA) is 22.4 Å². The van der Waals surface area contributed by atoms with Gasteiger partial charge in [0.2, 0.25) is 0 Å². The first-order valence-corrected chi connectivity index (χ1v) is 6.07. The molecule has 19 heavy (non-hydrogen) atoms. The van der Waals surface area contributed by atoms with Crippen LogP contribution in [0.15, 0.2) is 53.1 Å². The first kappa shape index (κ1) is 11.8. The zero-order valence-electron chi connectivity index (χ0n) is 10.5. The largest absolute Gasteiger partial charge is 0.489 e. The molecule has 2 nitrogen and oxygen atoms in total. The van der Waals surface area contributed by atoms with Crippen molar-refractivity contribution in [1.29, 1.82) is 0 Å². The van der Waals surface area contributed by atoms with E-state index in [0.717, 1.165) is 16.5 Å². The zero-order valence-corrected chi connectivity index (χ0v) is 10.5. The molecule has 0 bridgehead atoms. The smallest absolute Gasteiger partial charge is 0.134 e. The van der Waals surface area contributed by atoms with E-state index in [2.05, 4.69) is 6.07 Å². The van der Waals surface area contributed by atoms with Gasteiger partial charge in [0.05, 0.1) is 6.26 Å². The third-order valence-electron chi connectivity index (χ3n) is 3.02. The molecule has 3 rings (SSSR count). The Morgan fingerprint density at radius 3 is 2.68 bits per heavy atom. The van der Waals surface area contributed by atoms with Gasteiger partial charge in [-0.3, -0.25) is 0 Å². The fourth-order valence-electron chi connectivity index (χ4n) is 2.00. The van der Waals surface area contributed by atoms with Crippen molar-refractivity contribution < 1.29 is 13.5 Å². The Morgan fingerprint density at radius 1 is 1.11 bits per heavy atom. The van der Waals surface area contributed by atoms with Crippen LogP contribution in [0.3, 0.4) is 0 Å². The van der Waals surface area contributed by atoms with Crippen LogP contribution in [0.25, 0.3) is 11.0 Å². The number of rotatable bonds is 3. The number of ether oxygens (including phenoxy) is 1. The van der Waals surface area contributed by atoms with E-state index in [-0.39, 0.29) is 5.82 Å². The van der Waals surface area contributed by atoms with Gasteiger partial charge < -0.3 is 9.15 Å². The minimum absolute atomic E-state index is 0.267. The number of hydrogen-bond donors (Lipinski definition) is 0. The lowest BCUT2D eigenvalue weighted by molar-refractivity contribution is 0.305. The summed E-state index contributed by atoms with van der Waals surface area (Å²) in [6.45, 7) is 2.44. The summed E-state index contributed by atoms with van der Waals surface area (Å²) in [6.07, 6.45) is 1.70. The lowest BCUT2D eigenvalue weighted by Crippen LogP contribution is -1.94. The molecule has 0 radical (unpaired) electrons. The van der Waals surface area contributed by atoms with Gasteiger partial charge in [0, 0.05) is 10.9 Å². The molecule has 0 saturated carbocycles. The van der Waals surface area contributed by atoms with Gasteiger partial charge in [0.25, 0.3) is 0 Å². The number of fused-ring (bicyclic) bond motifs is 1. The molecule has 96 valence electrons. The first-order valence-electron chi connectivity index (χ1n) is 6.07. The standard InChI is InChI=1S/C16H13FO2/c1-11-2-7-16-15(8-11)12(10-19-16)9-18-14-5-3-13(17)4-6-14/h2-8,10H,9H2,1H3. The number of furan rings is 1. The number of benzene rings is 2. The summed E-state index contributed by atoms with van der Waals surface area (Å²) in [6, 6.07) is 12.0. The fraction of sp³-hybridized carbons (Fsp3) is 0.125. The molecule has 0 aliphatic heterocycles. The fourth-order valence-corrected chi connectivity index (χ4v) is 2.00. The molecule has 1 aromatic heterocycles. The molecule has 0 saturated heterocycles. The van der Waals surface area contributed by atoms with Gasteiger partial charge in [-0.15, -0.1) is 0 Å². The Labute approximate surface area is 110 Å². The molecule has 3 heteroatoms. The van der Waals surface area contributed by atoms with Gasteiger partial charge in [-0.1, -0.05) is 11.6 Å². The number of aryl methyl sites for hydroxylation is 1. The minimum atomic E-state index is -0.267. The molecular weight excluding hydrogens is 243 g/mol. The zero-order chi connectivity index (χ0) is 13.2. The van der Waals surface area contributed by atoms with Crippen molar-refractivity contribution in [3.05, 3.63) is 65.7 Å². The number of halogens is 1. The summed E-state index contributed by atoms with van der Waals surface area (Å²) in [5.74, 6) is 0.375. The summed E-state index contributed by atoms with van der Waals surface area (Å²) in [7, 11) is 0. The Morgan fingerprint density at radius 2 is 1.89 bits per heavy atom. The quantitative estimate of drug-likeness (QED) is 0.690. The molecule has 1 heterocycles. The molecule has 0 spiro atoms. The van der Waals surface area contributed by atoms with E-state index in [1.165, 1.54) is 17.7 Å². The predicted molar refractivity (Wildman–Crippen MR) is 71.7 cm³/mol. The summed E-state index contributed by atoms with van der Waals surface area (Å²) in [5.41, 5.74) is 3.02. The van der Waals surface area contributed by atoms with Crippen molar-refractivity contribution >= 4 is 11.0 Å². The highest BCUT2D eigenvalue weighted by atomic mass is 19.1. The highest BCUT2D eigenvalue weighted by Crippen LogP contribution is 2.24. The lowest BCUT2D eigenvalue weighted by atomic mass is 10.1. The van der Waals surface area contributed by atoms with Crippen LogP contribution in [0.1, 0.15) is 11.1 Å². The van der Waals surface area contributed by atoms with Crippen molar-refractivity contribution in [2.45, 2.75) is 13.5 Å². The molecule has 0 N–H and O–H groups in total. The van der Waals surface area contributed by atoms with Gasteiger partial charge in [-0.05, 0) is 43.3 Å². The van der Waals surface area contributed by atoms with Crippen LogP contribution >= 0.6 is 0 Å². The van der Waals surface area contributed by atoms with Crippen LogP contribution in [-0.4, -0.2) is 0 Å². The van der Waals surface area contributed by atoms with Crippen molar-refractivity contribution in [3.8, 4) is 5.75 Å². The third-order valence-corrected chi connectivity index (χ3v) is 3.02. The normalized spacial score (nSPS) is 10.8. The second kappa shape index (κ2) is 4.76. The van der Waals surface area contributed by atoms with Gasteiger partial charge in [-0.25, -0.2) is 4.39 Å². The SMILES string of the molecule is Cc1ccc2occ(COc3ccc(F)cc3)c2c1. The van der Waals surface area contributed by atoms with Crippen molar-refractivity contribution in [2.75, 3.05) is 0 Å². The second-order valence-corrected chi connectivity index (χ2v) is 4.50. The third kappa shape index (κ3) is 2.45. The summed E-state index contributed by atoms with van der Waals surface area (Å²) in [5, 5.41) is 1.06. The van der Waals surface area contributed by atoms with Crippen LogP contribution in [0, 0.1) is 12.7 Å². The van der Waals surface area contributed by atoms with E-state index in [0.29, 0.717) is 12.4 Å². The van der Waals surface area contributed by atoms with Crippen LogP contribution in [0.4, 0.5) is 4.39 Å². The Bertz CT molecular complexity index is 698. The highest BCUT2D eigenvalue weighted by Gasteiger charge is 2.06. The van der Waals surface area contributed by atoms with Crippen LogP contribution < -0.4 is 4.74 Å². The van der Waals surface area contributed by atoms with Crippen LogP contribution in [0.5, 0.6) is 5.75 Å². The maximum absolute atomic E-state index is 12.8. The Kier molecular flexibility index (Phi) is 2.95. The van der Waals surface area contributed by atoms with E-state index in [9.17, 15) is 4.39 Å². The monoisotopic (exact) mass is 256 g/mol. The minimum Gasteiger partial charge on any atom is -0.489 e. The molecule has 3 aromatic rings. The van der Waals surface area contributed by atoms with Crippen LogP contribution in [-0.2, 0) is 6.61 Å². The first-order chi connectivity index (χ1) is 9.22. The molecule has 0 fully saturated rings. The molecular formula is C16H13FO2. The maximum Gasteiger partial charge on any atom is 0.134 e. The van der Waals surface area contributed by atoms with E-state index in [4.69, 9.17) is 9.15 Å². The molecule has 0 aliphatic carbocycles. The summed E-state index contributed by atoms with van der Waals surface area (Å²) >= 11 is 0. The average Bonchev–Trinajstić information content (AvgIpc) is 2.80. The summed E-state index contributed by atoms with van der Waals surface area (Å²) in [4.78, 5) is 0. The molecule has 0 aliphatic rings. The predicted octanol–water partition coefficient (Wildman–Crippen LogP) is 4.46. The highest BCUT2D eigenvalue weighted by molar-refractivity contribution is 5.81. The second-order valence-electron chi connectivity index (χ2n) is 4.50. The molecule has 2 aromatic carbocycles. The lowest BCUT2D eigenvalue weighted by Gasteiger charge is -2.04. The molecule has 0 atom stereocenters. The number of hydrogen-bond acceptors (Lipinski definition) is 2. The Balaban J connectivity index is 1.81. The van der Waals surface area contributed by atoms with Crippen molar-refractivity contribution in [1.82, 2.24) is 0 Å². The van der Waals surface area contributed by atoms with E-state index < -0.39 is 0 Å². The van der Waals surface area contributed by atoms with Gasteiger partial charge in [0.15, 0.2) is 0 Å². The van der Waals surface area contributed by atoms with Gasteiger partial charge >= 0.3 is 0 Å². The van der Waals surface area contributed by atoms with E-state index in [1.807, 2.05) is 19.1 Å². The molecule has 0 amide bonds. The van der Waals surface area contributed by atoms with E-state index in [1.54, 1.807) is 18.4 Å². The van der Waals surface area contributed by atoms with Crippen LogP contribution in [0.2, 0.25) is 0 Å². The van der Waals surface area contributed by atoms with E-state index >= 15 is 0 Å². The Hall–Kier alpha value is -2.29. The van der Waals surface area contributed by atoms with Crippen molar-refractivity contribution in [2.24, 2.45) is 0 Å². The summed E-state index contributed by atoms with van der Waals surface area (Å²) < 4.78 is 23.9. The average molecular weight is 256 g/mol.